The predicted molar refractivity (Wildman–Crippen MR) is 103 cm³/mol. The minimum absolute atomic E-state index is 0.232. The molecule has 4 nitrogen and oxygen atoms in total. The van der Waals surface area contributed by atoms with Crippen LogP contribution in [0.25, 0.3) is 0 Å². The molecule has 0 aromatic heterocycles. The van der Waals surface area contributed by atoms with Gasteiger partial charge >= 0.3 is 0 Å². The SMILES string of the molecule is C#CCOCC(CC)(COCC#C)COP(C)N(C(C)C)C(C)C. The standard InChI is InChI=1S/C19H34NO3P/c1-9-12-21-14-19(11-3,15-22-13-10-2)16-23-24(8)20(17(4)5)18(6)7/h1-2,17-18H,11-16H2,3-8H3. The van der Waals surface area contributed by atoms with Crippen LogP contribution in [0.3, 0.4) is 0 Å². The zero-order valence-corrected chi connectivity index (χ0v) is 17.1. The lowest BCUT2D eigenvalue weighted by Crippen LogP contribution is -2.38. The molecule has 0 aromatic rings. The quantitative estimate of drug-likeness (QED) is 0.286. The van der Waals surface area contributed by atoms with Crippen molar-refractivity contribution in [2.45, 2.75) is 53.1 Å². The topological polar surface area (TPSA) is 30.9 Å². The summed E-state index contributed by atoms with van der Waals surface area (Å²) < 4.78 is 19.9. The number of rotatable bonds is 13. The molecule has 0 amide bonds. The number of ether oxygens (including phenoxy) is 2. The van der Waals surface area contributed by atoms with Crippen molar-refractivity contribution in [1.29, 1.82) is 0 Å². The number of hydrogen-bond acceptors (Lipinski definition) is 4. The molecule has 0 saturated carbocycles. The summed E-state index contributed by atoms with van der Waals surface area (Å²) in [7, 11) is -0.689. The van der Waals surface area contributed by atoms with E-state index >= 15 is 0 Å². The van der Waals surface area contributed by atoms with Crippen molar-refractivity contribution in [3.63, 3.8) is 0 Å². The average molecular weight is 355 g/mol. The minimum atomic E-state index is -0.689. The van der Waals surface area contributed by atoms with Gasteiger partial charge in [0.25, 0.3) is 0 Å². The first-order valence-electron chi connectivity index (χ1n) is 8.50. The molecule has 0 aliphatic heterocycles. The van der Waals surface area contributed by atoms with Crippen molar-refractivity contribution in [2.75, 3.05) is 39.7 Å². The van der Waals surface area contributed by atoms with Gasteiger partial charge in [-0.15, -0.1) is 12.8 Å². The zero-order valence-electron chi connectivity index (χ0n) is 16.2. The molecule has 0 aliphatic carbocycles. The molecule has 138 valence electrons. The van der Waals surface area contributed by atoms with Crippen LogP contribution in [0, 0.1) is 30.1 Å². The van der Waals surface area contributed by atoms with Gasteiger partial charge in [-0.25, -0.2) is 0 Å². The smallest absolute Gasteiger partial charge is 0.107 e. The molecule has 1 atom stereocenters. The molecule has 0 spiro atoms. The Kier molecular flexibility index (Phi) is 12.4. The van der Waals surface area contributed by atoms with Gasteiger partial charge in [0.1, 0.15) is 21.5 Å². The maximum atomic E-state index is 6.27. The predicted octanol–water partition coefficient (Wildman–Crippen LogP) is 3.76. The Bertz CT molecular complexity index is 384. The zero-order chi connectivity index (χ0) is 18.6. The third-order valence-corrected chi connectivity index (χ3v) is 5.96. The number of hydrogen-bond donors (Lipinski definition) is 0. The summed E-state index contributed by atoms with van der Waals surface area (Å²) in [6, 6.07) is 0.875. The van der Waals surface area contributed by atoms with Gasteiger partial charge in [0.15, 0.2) is 0 Å². The second kappa shape index (κ2) is 12.7. The summed E-state index contributed by atoms with van der Waals surface area (Å²) in [4.78, 5) is 0. The molecule has 0 N–H and O–H groups in total. The van der Waals surface area contributed by atoms with Crippen LogP contribution in [0.1, 0.15) is 41.0 Å². The van der Waals surface area contributed by atoms with E-state index in [2.05, 4.69) is 57.8 Å². The van der Waals surface area contributed by atoms with E-state index in [1.54, 1.807) is 0 Å². The van der Waals surface area contributed by atoms with Crippen LogP contribution in [0.2, 0.25) is 0 Å². The van der Waals surface area contributed by atoms with E-state index in [-0.39, 0.29) is 5.41 Å². The third kappa shape index (κ3) is 8.48. The highest BCUT2D eigenvalue weighted by molar-refractivity contribution is 7.49. The van der Waals surface area contributed by atoms with E-state index in [0.717, 1.165) is 6.42 Å². The second-order valence-corrected chi connectivity index (χ2v) is 8.20. The van der Waals surface area contributed by atoms with Crippen molar-refractivity contribution in [2.24, 2.45) is 5.41 Å². The van der Waals surface area contributed by atoms with E-state index < -0.39 is 8.30 Å². The van der Waals surface area contributed by atoms with Crippen molar-refractivity contribution >= 4 is 8.30 Å². The molecular formula is C19H34NO3P. The molecule has 0 bridgehead atoms. The van der Waals surface area contributed by atoms with Crippen LogP contribution in [0.5, 0.6) is 0 Å². The Morgan fingerprint density at radius 1 is 0.958 bits per heavy atom. The summed E-state index contributed by atoms with van der Waals surface area (Å²) in [5.74, 6) is 5.01. The first kappa shape index (κ1) is 23.4. The lowest BCUT2D eigenvalue weighted by molar-refractivity contribution is -0.0341. The van der Waals surface area contributed by atoms with E-state index in [0.29, 0.717) is 45.1 Å². The molecule has 0 saturated heterocycles. The van der Waals surface area contributed by atoms with Crippen molar-refractivity contribution in [3.8, 4) is 24.7 Å². The van der Waals surface area contributed by atoms with Gasteiger partial charge in [0, 0.05) is 17.5 Å². The third-order valence-electron chi connectivity index (χ3n) is 3.88. The van der Waals surface area contributed by atoms with Crippen LogP contribution in [-0.4, -0.2) is 56.5 Å². The molecule has 0 fully saturated rings. The molecule has 0 aliphatic rings. The highest BCUT2D eigenvalue weighted by Crippen LogP contribution is 2.43. The summed E-state index contributed by atoms with van der Waals surface area (Å²) in [5, 5.41) is 0. The molecule has 24 heavy (non-hydrogen) atoms. The normalized spacial score (nSPS) is 13.3. The number of nitrogens with zero attached hydrogens (tertiary/aromatic N) is 1. The number of terminal acetylenes is 2. The maximum absolute atomic E-state index is 6.27. The molecule has 0 aromatic carbocycles. The lowest BCUT2D eigenvalue weighted by atomic mass is 9.88. The summed E-state index contributed by atoms with van der Waals surface area (Å²) >= 11 is 0. The van der Waals surface area contributed by atoms with Crippen molar-refractivity contribution in [3.05, 3.63) is 0 Å². The van der Waals surface area contributed by atoms with Gasteiger partial charge in [-0.05, 0) is 40.8 Å². The van der Waals surface area contributed by atoms with E-state index in [9.17, 15) is 0 Å². The van der Waals surface area contributed by atoms with Gasteiger partial charge in [-0.2, -0.15) is 0 Å². The lowest BCUT2D eigenvalue weighted by Gasteiger charge is -2.38. The van der Waals surface area contributed by atoms with Crippen LogP contribution < -0.4 is 0 Å². The second-order valence-electron chi connectivity index (χ2n) is 6.55. The van der Waals surface area contributed by atoms with Gasteiger partial charge in [-0.1, -0.05) is 18.8 Å². The molecule has 0 radical (unpaired) electrons. The molecule has 1 unspecified atom stereocenters. The largest absolute Gasteiger partial charge is 0.368 e. The Balaban J connectivity index is 4.89. The minimum Gasteiger partial charge on any atom is -0.368 e. The fourth-order valence-corrected chi connectivity index (χ4v) is 4.52. The Morgan fingerprint density at radius 3 is 1.75 bits per heavy atom. The maximum Gasteiger partial charge on any atom is 0.107 e. The van der Waals surface area contributed by atoms with E-state index in [4.69, 9.17) is 26.8 Å². The molecular weight excluding hydrogens is 321 g/mol. The van der Waals surface area contributed by atoms with Gasteiger partial charge in [-0.3, -0.25) is 4.67 Å². The van der Waals surface area contributed by atoms with Crippen LogP contribution in [0.4, 0.5) is 0 Å². The Labute approximate surface area is 150 Å². The monoisotopic (exact) mass is 355 g/mol. The van der Waals surface area contributed by atoms with E-state index in [1.807, 2.05) is 0 Å². The van der Waals surface area contributed by atoms with Gasteiger partial charge in [0.2, 0.25) is 0 Å². The fraction of sp³-hybridized carbons (Fsp3) is 0.789. The Hall–Kier alpha value is -0.610. The van der Waals surface area contributed by atoms with Gasteiger partial charge in [0.05, 0.1) is 19.8 Å². The average Bonchev–Trinajstić information content (AvgIpc) is 2.52. The molecule has 0 rings (SSSR count). The fourth-order valence-electron chi connectivity index (χ4n) is 2.63. The van der Waals surface area contributed by atoms with Crippen LogP contribution in [0.15, 0.2) is 0 Å². The van der Waals surface area contributed by atoms with Crippen LogP contribution >= 0.6 is 8.30 Å². The Morgan fingerprint density at radius 2 is 1.42 bits per heavy atom. The summed E-state index contributed by atoms with van der Waals surface area (Å²) in [5.41, 5.74) is -0.232. The van der Waals surface area contributed by atoms with Crippen molar-refractivity contribution < 1.29 is 14.0 Å². The van der Waals surface area contributed by atoms with Gasteiger partial charge < -0.3 is 14.0 Å². The molecule has 0 heterocycles. The molecule has 5 heteroatoms. The highest BCUT2D eigenvalue weighted by Gasteiger charge is 2.32. The first-order valence-corrected chi connectivity index (χ1v) is 10.2. The summed E-state index contributed by atoms with van der Waals surface area (Å²) in [6.45, 7) is 15.2. The summed E-state index contributed by atoms with van der Waals surface area (Å²) in [6.07, 6.45) is 11.4. The van der Waals surface area contributed by atoms with E-state index in [1.165, 1.54) is 0 Å². The first-order chi connectivity index (χ1) is 11.3. The highest BCUT2D eigenvalue weighted by atomic mass is 31.2. The van der Waals surface area contributed by atoms with Crippen LogP contribution in [-0.2, 0) is 14.0 Å². The van der Waals surface area contributed by atoms with Crippen molar-refractivity contribution in [1.82, 2.24) is 4.67 Å².